The highest BCUT2D eigenvalue weighted by Gasteiger charge is 2.42. The minimum Gasteiger partial charge on any atom is -0.356 e. The van der Waals surface area contributed by atoms with Gasteiger partial charge in [0.1, 0.15) is 0 Å². The van der Waals surface area contributed by atoms with Crippen LogP contribution in [0.15, 0.2) is 91.3 Å². The fourth-order valence-electron chi connectivity index (χ4n) is 5.76. The number of benzene rings is 3. The molecule has 3 aliphatic rings. The summed E-state index contributed by atoms with van der Waals surface area (Å²) < 4.78 is 1.86. The zero-order valence-electron chi connectivity index (χ0n) is 18.5. The molecular weight excluding hydrogens is 406 g/mol. The fourth-order valence-corrected chi connectivity index (χ4v) is 5.76. The van der Waals surface area contributed by atoms with Crippen molar-refractivity contribution in [2.75, 3.05) is 6.54 Å². The topological polar surface area (TPSA) is 46.9 Å². The average molecular weight is 434 g/mol. The van der Waals surface area contributed by atoms with Crippen molar-refractivity contribution in [2.24, 2.45) is 5.92 Å². The maximum atomic E-state index is 12.7. The maximum absolute atomic E-state index is 12.7. The number of carbonyl (C=O) groups excluding carboxylic acids is 1. The molecule has 1 amide bonds. The summed E-state index contributed by atoms with van der Waals surface area (Å²) in [6.07, 6.45) is 6.14. The zero-order chi connectivity index (χ0) is 22.2. The zero-order valence-corrected chi connectivity index (χ0v) is 18.5. The number of amides is 1. The van der Waals surface area contributed by atoms with Gasteiger partial charge in [-0.2, -0.15) is 5.10 Å². The molecular formula is C29H27N3O. The summed E-state index contributed by atoms with van der Waals surface area (Å²) in [4.78, 5) is 12.7. The minimum atomic E-state index is 0.116. The van der Waals surface area contributed by atoms with Crippen LogP contribution < -0.4 is 5.32 Å². The predicted molar refractivity (Wildman–Crippen MR) is 130 cm³/mol. The molecule has 0 fully saturated rings. The van der Waals surface area contributed by atoms with E-state index in [2.05, 4.69) is 58.9 Å². The number of para-hydroxylation sites is 1. The Morgan fingerprint density at radius 3 is 2.21 bits per heavy atom. The summed E-state index contributed by atoms with van der Waals surface area (Å²) >= 11 is 0. The lowest BCUT2D eigenvalue weighted by Crippen LogP contribution is -2.39. The lowest BCUT2D eigenvalue weighted by atomic mass is 9.59. The largest absolute Gasteiger partial charge is 0.356 e. The first kappa shape index (κ1) is 20.0. The van der Waals surface area contributed by atoms with Crippen LogP contribution in [0.25, 0.3) is 5.69 Å². The van der Waals surface area contributed by atoms with Crippen LogP contribution in [0.5, 0.6) is 0 Å². The monoisotopic (exact) mass is 433 g/mol. The average Bonchev–Trinajstić information content (AvgIpc) is 3.36. The summed E-state index contributed by atoms with van der Waals surface area (Å²) in [6.45, 7) is 0.728. The van der Waals surface area contributed by atoms with E-state index in [1.54, 1.807) is 0 Å². The molecule has 33 heavy (non-hydrogen) atoms. The van der Waals surface area contributed by atoms with Crippen molar-refractivity contribution in [1.82, 2.24) is 15.1 Å². The molecule has 7 rings (SSSR count). The second-order valence-electron chi connectivity index (χ2n) is 9.22. The van der Waals surface area contributed by atoms with E-state index in [-0.39, 0.29) is 5.91 Å². The molecule has 2 bridgehead atoms. The van der Waals surface area contributed by atoms with Gasteiger partial charge in [0.15, 0.2) is 0 Å². The van der Waals surface area contributed by atoms with E-state index in [1.807, 2.05) is 47.4 Å². The van der Waals surface area contributed by atoms with E-state index in [4.69, 9.17) is 0 Å². The number of nitrogens with one attached hydrogen (secondary N) is 1. The highest BCUT2D eigenvalue weighted by Crippen LogP contribution is 2.55. The molecule has 1 N–H and O–H groups in total. The van der Waals surface area contributed by atoms with Crippen LogP contribution in [0.4, 0.5) is 0 Å². The Morgan fingerprint density at radius 2 is 1.52 bits per heavy atom. The Balaban J connectivity index is 1.10. The standard InChI is InChI=1S/C29H27N3O/c33-28(15-14-20-17-31-32(19-20)22-8-2-1-3-9-22)30-18-21-16-27-23-10-4-6-12-25(23)29(21)26-13-7-5-11-24(26)27/h1-13,17,19,21,27,29H,14-16,18H2,(H,30,33)/t21-,27?,29?/m0/s1. The van der Waals surface area contributed by atoms with Crippen molar-refractivity contribution in [2.45, 2.75) is 31.1 Å². The summed E-state index contributed by atoms with van der Waals surface area (Å²) in [5.74, 6) is 1.36. The summed E-state index contributed by atoms with van der Waals surface area (Å²) in [6, 6.07) is 27.8. The van der Waals surface area contributed by atoms with E-state index < -0.39 is 0 Å². The fraction of sp³-hybridized carbons (Fsp3) is 0.241. The Bertz CT molecular complexity index is 1250. The molecule has 1 aromatic heterocycles. The minimum absolute atomic E-state index is 0.116. The van der Waals surface area contributed by atoms with Crippen LogP contribution in [0.1, 0.15) is 52.5 Å². The molecule has 0 spiro atoms. The summed E-state index contributed by atoms with van der Waals surface area (Å²) in [5.41, 5.74) is 7.94. The second kappa shape index (κ2) is 8.36. The number of aromatic nitrogens is 2. The first-order valence-electron chi connectivity index (χ1n) is 11.8. The highest BCUT2D eigenvalue weighted by atomic mass is 16.1. The number of hydrogen-bond donors (Lipinski definition) is 1. The van der Waals surface area contributed by atoms with E-state index in [1.165, 1.54) is 22.3 Å². The van der Waals surface area contributed by atoms with Crippen LogP contribution in [0, 0.1) is 5.92 Å². The third-order valence-electron chi connectivity index (χ3n) is 7.28. The van der Waals surface area contributed by atoms with E-state index in [9.17, 15) is 4.79 Å². The molecule has 0 saturated carbocycles. The van der Waals surface area contributed by atoms with Crippen LogP contribution in [0.3, 0.4) is 0 Å². The van der Waals surface area contributed by atoms with Crippen molar-refractivity contribution < 1.29 is 4.79 Å². The first-order valence-corrected chi connectivity index (χ1v) is 11.8. The molecule has 0 aliphatic heterocycles. The molecule has 4 heteroatoms. The molecule has 0 saturated heterocycles. The lowest BCUT2D eigenvalue weighted by molar-refractivity contribution is -0.121. The van der Waals surface area contributed by atoms with Gasteiger partial charge in [0.05, 0.1) is 11.9 Å². The van der Waals surface area contributed by atoms with Gasteiger partial charge < -0.3 is 5.32 Å². The molecule has 3 aromatic carbocycles. The molecule has 1 atom stereocenters. The number of carbonyl (C=O) groups is 1. The Hall–Kier alpha value is -3.66. The Kier molecular flexibility index (Phi) is 5.06. The van der Waals surface area contributed by atoms with Gasteiger partial charge in [-0.1, -0.05) is 66.7 Å². The molecule has 4 nitrogen and oxygen atoms in total. The normalized spacial score (nSPS) is 20.2. The predicted octanol–water partition coefficient (Wildman–Crippen LogP) is 5.22. The number of nitrogens with zero attached hydrogens (tertiary/aromatic N) is 2. The SMILES string of the molecule is O=C(CCc1cnn(-c2ccccc2)c1)NC[C@@H]1CC2c3ccccc3C1c1ccccc12. The van der Waals surface area contributed by atoms with Gasteiger partial charge in [0.2, 0.25) is 5.91 Å². The summed E-state index contributed by atoms with van der Waals surface area (Å²) in [5, 5.41) is 7.68. The van der Waals surface area contributed by atoms with Gasteiger partial charge >= 0.3 is 0 Å². The molecule has 1 heterocycles. The number of rotatable bonds is 6. The Labute approximate surface area is 194 Å². The van der Waals surface area contributed by atoms with E-state index >= 15 is 0 Å². The van der Waals surface area contributed by atoms with Crippen molar-refractivity contribution in [3.63, 3.8) is 0 Å². The Morgan fingerprint density at radius 1 is 0.879 bits per heavy atom. The van der Waals surface area contributed by atoms with Crippen LogP contribution in [-0.2, 0) is 11.2 Å². The second-order valence-corrected chi connectivity index (χ2v) is 9.22. The quantitative estimate of drug-likeness (QED) is 0.453. The van der Waals surface area contributed by atoms with Gasteiger partial charge in [-0.05, 0) is 58.7 Å². The third-order valence-corrected chi connectivity index (χ3v) is 7.28. The van der Waals surface area contributed by atoms with E-state index in [0.717, 1.165) is 24.2 Å². The molecule has 4 aromatic rings. The molecule has 0 radical (unpaired) electrons. The van der Waals surface area contributed by atoms with Gasteiger partial charge in [-0.15, -0.1) is 0 Å². The first-order chi connectivity index (χ1) is 16.3. The van der Waals surface area contributed by atoms with Crippen LogP contribution >= 0.6 is 0 Å². The number of fused-ring (bicyclic) bond motifs is 1. The van der Waals surface area contributed by atoms with Gasteiger partial charge in [0, 0.05) is 31.0 Å². The maximum Gasteiger partial charge on any atom is 0.220 e. The molecule has 164 valence electrons. The van der Waals surface area contributed by atoms with Crippen LogP contribution in [-0.4, -0.2) is 22.2 Å². The number of aryl methyl sites for hydroxylation is 1. The van der Waals surface area contributed by atoms with Crippen molar-refractivity contribution >= 4 is 5.91 Å². The molecule has 3 aliphatic carbocycles. The molecule has 0 unspecified atom stereocenters. The summed E-state index contributed by atoms with van der Waals surface area (Å²) in [7, 11) is 0. The smallest absolute Gasteiger partial charge is 0.220 e. The van der Waals surface area contributed by atoms with Gasteiger partial charge in [0.25, 0.3) is 0 Å². The highest BCUT2D eigenvalue weighted by molar-refractivity contribution is 5.76. The van der Waals surface area contributed by atoms with Crippen molar-refractivity contribution in [1.29, 1.82) is 0 Å². The van der Waals surface area contributed by atoms with Gasteiger partial charge in [-0.3, -0.25) is 4.79 Å². The van der Waals surface area contributed by atoms with Crippen molar-refractivity contribution in [3.05, 3.63) is 119 Å². The van der Waals surface area contributed by atoms with E-state index in [0.29, 0.717) is 30.6 Å². The van der Waals surface area contributed by atoms with Crippen molar-refractivity contribution in [3.8, 4) is 5.69 Å². The third kappa shape index (κ3) is 3.66. The number of hydrogen-bond acceptors (Lipinski definition) is 2. The van der Waals surface area contributed by atoms with Gasteiger partial charge in [-0.25, -0.2) is 4.68 Å². The van der Waals surface area contributed by atoms with Crippen LogP contribution in [0.2, 0.25) is 0 Å². The lowest BCUT2D eigenvalue weighted by Gasteiger charge is -2.45.